The Morgan fingerprint density at radius 3 is 2.39 bits per heavy atom. The van der Waals surface area contributed by atoms with Gasteiger partial charge in [-0.15, -0.1) is 0 Å². The number of anilines is 1. The van der Waals surface area contributed by atoms with E-state index in [0.29, 0.717) is 6.04 Å². The predicted octanol–water partition coefficient (Wildman–Crippen LogP) is 6.28. The van der Waals surface area contributed by atoms with E-state index in [1.54, 1.807) is 0 Å². The zero-order valence-corrected chi connectivity index (χ0v) is 18.4. The molecule has 148 valence electrons. The molecule has 28 heavy (non-hydrogen) atoms. The first kappa shape index (κ1) is 20.4. The molecule has 0 amide bonds. The van der Waals surface area contributed by atoms with Crippen LogP contribution < -0.4 is 5.32 Å². The van der Waals surface area contributed by atoms with E-state index in [9.17, 15) is 0 Å². The van der Waals surface area contributed by atoms with E-state index in [1.165, 1.54) is 27.6 Å². The Morgan fingerprint density at radius 1 is 1.07 bits per heavy atom. The van der Waals surface area contributed by atoms with Crippen LogP contribution in [-0.4, -0.2) is 20.6 Å². The summed E-state index contributed by atoms with van der Waals surface area (Å²) in [5, 5.41) is 5.64. The molecule has 0 aliphatic heterocycles. The number of thiocarbonyl (C=S) groups is 1. The monoisotopic (exact) mass is 393 g/mol. The van der Waals surface area contributed by atoms with E-state index in [0.717, 1.165) is 30.3 Å². The summed E-state index contributed by atoms with van der Waals surface area (Å²) in [7, 11) is 0. The molecule has 0 aliphatic carbocycles. The first-order valence-electron chi connectivity index (χ1n) is 10.2. The van der Waals surface area contributed by atoms with E-state index in [1.807, 2.05) is 0 Å². The molecular weight excluding hydrogens is 362 g/mol. The van der Waals surface area contributed by atoms with Gasteiger partial charge in [0.15, 0.2) is 5.11 Å². The van der Waals surface area contributed by atoms with Crippen molar-refractivity contribution in [2.24, 2.45) is 0 Å². The highest BCUT2D eigenvalue weighted by molar-refractivity contribution is 7.80. The van der Waals surface area contributed by atoms with Gasteiger partial charge in [-0.1, -0.05) is 43.3 Å². The summed E-state index contributed by atoms with van der Waals surface area (Å²) < 4.78 is 2.32. The molecule has 0 fully saturated rings. The summed E-state index contributed by atoms with van der Waals surface area (Å²) >= 11 is 5.88. The lowest BCUT2D eigenvalue weighted by atomic mass is 10.1. The fourth-order valence-electron chi connectivity index (χ4n) is 3.73. The van der Waals surface area contributed by atoms with Gasteiger partial charge in [-0.3, -0.25) is 0 Å². The van der Waals surface area contributed by atoms with Gasteiger partial charge < -0.3 is 14.8 Å². The quantitative estimate of drug-likeness (QED) is 0.498. The average molecular weight is 394 g/mol. The summed E-state index contributed by atoms with van der Waals surface area (Å²) in [5.74, 6) is 0. The third kappa shape index (κ3) is 4.07. The van der Waals surface area contributed by atoms with Crippen LogP contribution in [0.3, 0.4) is 0 Å². The predicted molar refractivity (Wildman–Crippen MR) is 125 cm³/mol. The third-order valence-electron chi connectivity index (χ3n) is 5.65. The Kier molecular flexibility index (Phi) is 6.40. The number of nitrogens with one attached hydrogen (secondary N) is 1. The minimum absolute atomic E-state index is 0.355. The molecule has 3 aromatic rings. The summed E-state index contributed by atoms with van der Waals surface area (Å²) in [5.41, 5.74) is 6.17. The number of nitrogens with zero attached hydrogens (tertiary/aromatic N) is 2. The molecule has 2 aromatic carbocycles. The van der Waals surface area contributed by atoms with Crippen LogP contribution in [0.1, 0.15) is 43.9 Å². The second kappa shape index (κ2) is 8.78. The maximum atomic E-state index is 5.88. The van der Waals surface area contributed by atoms with Crippen molar-refractivity contribution in [2.75, 3.05) is 5.32 Å². The highest BCUT2D eigenvalue weighted by Gasteiger charge is 2.19. The van der Waals surface area contributed by atoms with Crippen molar-refractivity contribution in [1.82, 2.24) is 9.47 Å². The molecule has 1 aromatic heterocycles. The van der Waals surface area contributed by atoms with E-state index >= 15 is 0 Å². The van der Waals surface area contributed by atoms with Crippen molar-refractivity contribution in [3.8, 4) is 0 Å². The van der Waals surface area contributed by atoms with Gasteiger partial charge in [-0.2, -0.15) is 0 Å². The first-order valence-corrected chi connectivity index (χ1v) is 10.6. The van der Waals surface area contributed by atoms with Crippen molar-refractivity contribution in [1.29, 1.82) is 0 Å². The molecule has 0 bridgehead atoms. The summed E-state index contributed by atoms with van der Waals surface area (Å²) in [6, 6.07) is 15.3. The number of benzene rings is 2. The Hall–Kier alpha value is -2.33. The number of para-hydroxylation sites is 2. The van der Waals surface area contributed by atoms with Gasteiger partial charge in [0.2, 0.25) is 0 Å². The van der Waals surface area contributed by atoms with Crippen LogP contribution in [0.4, 0.5) is 5.69 Å². The first-order chi connectivity index (χ1) is 13.5. The van der Waals surface area contributed by atoms with E-state index in [4.69, 9.17) is 12.2 Å². The minimum Gasteiger partial charge on any atom is -0.347 e. The second-order valence-electron chi connectivity index (χ2n) is 7.54. The van der Waals surface area contributed by atoms with Gasteiger partial charge in [-0.25, -0.2) is 0 Å². The number of aryl methyl sites for hydroxylation is 3. The molecule has 0 aliphatic rings. The smallest absolute Gasteiger partial charge is 0.173 e. The summed E-state index contributed by atoms with van der Waals surface area (Å²) in [4.78, 5) is 2.32. The molecule has 0 radical (unpaired) electrons. The standard InChI is InChI=1S/C24H31N3S/c1-6-19(5)27(24(28)25-23-17(3)11-10-12-18(23)4)16-20-15-26(7-2)22-14-9-8-13-21(20)22/h8-15,19H,6-7,16H2,1-5H3,(H,25,28)/t19-/m0/s1. The number of hydrogen-bond donors (Lipinski definition) is 1. The molecule has 3 nitrogen and oxygen atoms in total. The number of rotatable bonds is 6. The maximum Gasteiger partial charge on any atom is 0.173 e. The van der Waals surface area contributed by atoms with Crippen LogP contribution in [0.25, 0.3) is 10.9 Å². The van der Waals surface area contributed by atoms with Gasteiger partial charge in [0.05, 0.1) is 0 Å². The van der Waals surface area contributed by atoms with Crippen molar-refractivity contribution < 1.29 is 0 Å². The van der Waals surface area contributed by atoms with Crippen molar-refractivity contribution in [3.63, 3.8) is 0 Å². The maximum absolute atomic E-state index is 5.88. The average Bonchev–Trinajstić information content (AvgIpc) is 3.06. The molecule has 4 heteroatoms. The van der Waals surface area contributed by atoms with Gasteiger partial charge in [0.1, 0.15) is 0 Å². The molecule has 0 spiro atoms. The number of aromatic nitrogens is 1. The zero-order chi connectivity index (χ0) is 20.3. The normalized spacial score (nSPS) is 12.2. The van der Waals surface area contributed by atoms with Gasteiger partial charge >= 0.3 is 0 Å². The molecule has 3 rings (SSSR count). The second-order valence-corrected chi connectivity index (χ2v) is 7.93. The molecule has 0 unspecified atom stereocenters. The molecule has 1 atom stereocenters. The number of hydrogen-bond acceptors (Lipinski definition) is 1. The Morgan fingerprint density at radius 2 is 1.75 bits per heavy atom. The van der Waals surface area contributed by atoms with Crippen molar-refractivity contribution in [2.45, 2.75) is 60.2 Å². The Bertz CT molecular complexity index is 953. The zero-order valence-electron chi connectivity index (χ0n) is 17.6. The fraction of sp³-hybridized carbons (Fsp3) is 0.375. The minimum atomic E-state index is 0.355. The van der Waals surface area contributed by atoms with Crippen molar-refractivity contribution >= 4 is 33.9 Å². The van der Waals surface area contributed by atoms with E-state index in [2.05, 4.69) is 98.1 Å². The van der Waals surface area contributed by atoms with Gasteiger partial charge in [0, 0.05) is 41.9 Å². The van der Waals surface area contributed by atoms with Crippen LogP contribution in [0.15, 0.2) is 48.7 Å². The van der Waals surface area contributed by atoms with Gasteiger partial charge in [0.25, 0.3) is 0 Å². The van der Waals surface area contributed by atoms with Crippen molar-refractivity contribution in [3.05, 3.63) is 65.4 Å². The van der Waals surface area contributed by atoms with E-state index < -0.39 is 0 Å². The molecule has 0 saturated heterocycles. The lowest BCUT2D eigenvalue weighted by Gasteiger charge is -2.32. The van der Waals surface area contributed by atoms with E-state index in [-0.39, 0.29) is 0 Å². The van der Waals surface area contributed by atoms with Crippen LogP contribution >= 0.6 is 12.2 Å². The molecular formula is C24H31N3S. The summed E-state index contributed by atoms with van der Waals surface area (Å²) in [6.07, 6.45) is 3.32. The highest BCUT2D eigenvalue weighted by Crippen LogP contribution is 2.25. The molecule has 0 saturated carbocycles. The Labute approximate surface area is 174 Å². The molecule has 1 N–H and O–H groups in total. The highest BCUT2D eigenvalue weighted by atomic mass is 32.1. The largest absolute Gasteiger partial charge is 0.347 e. The van der Waals surface area contributed by atoms with Crippen LogP contribution in [-0.2, 0) is 13.1 Å². The SMILES string of the molecule is CC[C@H](C)N(Cc1cn(CC)c2ccccc12)C(=S)Nc1c(C)cccc1C. The van der Waals surface area contributed by atoms with Crippen LogP contribution in [0.5, 0.6) is 0 Å². The fourth-order valence-corrected chi connectivity index (χ4v) is 4.08. The third-order valence-corrected chi connectivity index (χ3v) is 5.99. The Balaban J connectivity index is 1.92. The lowest BCUT2D eigenvalue weighted by Crippen LogP contribution is -2.40. The number of fused-ring (bicyclic) bond motifs is 1. The lowest BCUT2D eigenvalue weighted by molar-refractivity contribution is 0.320. The molecule has 1 heterocycles. The summed E-state index contributed by atoms with van der Waals surface area (Å²) in [6.45, 7) is 12.7. The van der Waals surface area contributed by atoms with Crippen LogP contribution in [0.2, 0.25) is 0 Å². The van der Waals surface area contributed by atoms with Gasteiger partial charge in [-0.05, 0) is 69.1 Å². The van der Waals surface area contributed by atoms with Crippen LogP contribution in [0, 0.1) is 13.8 Å². The topological polar surface area (TPSA) is 20.2 Å².